The summed E-state index contributed by atoms with van der Waals surface area (Å²) in [5.74, 6) is 0.723. The van der Waals surface area contributed by atoms with Crippen molar-refractivity contribution in [2.45, 2.75) is 32.4 Å². The van der Waals surface area contributed by atoms with E-state index in [0.29, 0.717) is 0 Å². The van der Waals surface area contributed by atoms with E-state index in [1.165, 1.54) is 17.8 Å². The van der Waals surface area contributed by atoms with Crippen molar-refractivity contribution in [1.82, 2.24) is 9.88 Å². The first-order valence-corrected chi connectivity index (χ1v) is 6.42. The van der Waals surface area contributed by atoms with Gasteiger partial charge in [0, 0.05) is 29.5 Å². The van der Waals surface area contributed by atoms with Gasteiger partial charge >= 0.3 is 0 Å². The number of hydrogen-bond donors (Lipinski definition) is 0. The lowest BCUT2D eigenvalue weighted by molar-refractivity contribution is 0.270. The molecule has 0 unspecified atom stereocenters. The predicted octanol–water partition coefficient (Wildman–Crippen LogP) is 2.65. The molecule has 0 N–H and O–H groups in total. The molecule has 0 radical (unpaired) electrons. The van der Waals surface area contributed by atoms with Crippen molar-refractivity contribution < 1.29 is 0 Å². The Kier molecular flexibility index (Phi) is 3.42. The van der Waals surface area contributed by atoms with Gasteiger partial charge in [-0.3, -0.25) is 4.90 Å². The SMILES string of the molecule is Cc1csc(CN(CCCl)C2CC2)n1. The molecule has 14 heavy (non-hydrogen) atoms. The fourth-order valence-corrected chi connectivity index (χ4v) is 2.60. The van der Waals surface area contributed by atoms with Gasteiger partial charge in [0.15, 0.2) is 0 Å². The molecule has 0 aliphatic heterocycles. The second-order valence-corrected chi connectivity index (χ2v) is 5.09. The maximum Gasteiger partial charge on any atom is 0.107 e. The summed E-state index contributed by atoms with van der Waals surface area (Å²) in [7, 11) is 0. The predicted molar refractivity (Wildman–Crippen MR) is 61.0 cm³/mol. The Morgan fingerprint density at radius 2 is 2.43 bits per heavy atom. The van der Waals surface area contributed by atoms with Crippen LogP contribution in [-0.2, 0) is 6.54 Å². The largest absolute Gasteiger partial charge is 0.293 e. The molecule has 0 bridgehead atoms. The summed E-state index contributed by atoms with van der Waals surface area (Å²) in [6, 6.07) is 0.776. The van der Waals surface area contributed by atoms with Crippen LogP contribution in [0.3, 0.4) is 0 Å². The summed E-state index contributed by atoms with van der Waals surface area (Å²) in [6.45, 7) is 4.02. The fourth-order valence-electron chi connectivity index (χ4n) is 1.59. The van der Waals surface area contributed by atoms with Crippen LogP contribution in [0.4, 0.5) is 0 Å². The number of alkyl halides is 1. The monoisotopic (exact) mass is 230 g/mol. The van der Waals surface area contributed by atoms with Crippen molar-refractivity contribution in [1.29, 1.82) is 0 Å². The smallest absolute Gasteiger partial charge is 0.107 e. The molecule has 2 nitrogen and oxygen atoms in total. The van der Waals surface area contributed by atoms with Crippen LogP contribution < -0.4 is 0 Å². The number of hydrogen-bond acceptors (Lipinski definition) is 3. The van der Waals surface area contributed by atoms with Crippen LogP contribution in [-0.4, -0.2) is 28.4 Å². The molecule has 0 amide bonds. The van der Waals surface area contributed by atoms with E-state index in [0.717, 1.165) is 30.7 Å². The van der Waals surface area contributed by atoms with E-state index in [9.17, 15) is 0 Å². The molecule has 1 aliphatic rings. The highest BCUT2D eigenvalue weighted by atomic mass is 35.5. The van der Waals surface area contributed by atoms with E-state index in [4.69, 9.17) is 11.6 Å². The summed E-state index contributed by atoms with van der Waals surface area (Å²) in [5.41, 5.74) is 1.13. The van der Waals surface area contributed by atoms with Crippen molar-refractivity contribution in [3.05, 3.63) is 16.1 Å². The third kappa shape index (κ3) is 2.69. The molecule has 0 atom stereocenters. The average Bonchev–Trinajstić information content (AvgIpc) is 2.91. The summed E-state index contributed by atoms with van der Waals surface area (Å²) in [4.78, 5) is 6.93. The van der Waals surface area contributed by atoms with Crippen LogP contribution >= 0.6 is 22.9 Å². The average molecular weight is 231 g/mol. The highest BCUT2D eigenvalue weighted by Gasteiger charge is 2.28. The van der Waals surface area contributed by atoms with Crippen LogP contribution in [0, 0.1) is 6.92 Å². The summed E-state index contributed by atoms with van der Waals surface area (Å²) in [6.07, 6.45) is 2.67. The molecule has 78 valence electrons. The minimum Gasteiger partial charge on any atom is -0.293 e. The molecule has 4 heteroatoms. The maximum absolute atomic E-state index is 5.78. The second kappa shape index (κ2) is 4.60. The molecule has 2 rings (SSSR count). The Hall–Kier alpha value is -0.120. The van der Waals surface area contributed by atoms with E-state index in [-0.39, 0.29) is 0 Å². The van der Waals surface area contributed by atoms with Crippen LogP contribution in [0.1, 0.15) is 23.5 Å². The van der Waals surface area contributed by atoms with Gasteiger partial charge in [0.05, 0.1) is 6.54 Å². The Balaban J connectivity index is 1.92. The topological polar surface area (TPSA) is 16.1 Å². The van der Waals surface area contributed by atoms with Gasteiger partial charge in [-0.25, -0.2) is 4.98 Å². The number of halogens is 1. The second-order valence-electron chi connectivity index (χ2n) is 3.77. The molecule has 0 spiro atoms. The molecule has 1 aliphatic carbocycles. The van der Waals surface area contributed by atoms with Gasteiger partial charge in [0.2, 0.25) is 0 Å². The molecule has 0 saturated heterocycles. The highest BCUT2D eigenvalue weighted by Crippen LogP contribution is 2.28. The van der Waals surface area contributed by atoms with Crippen LogP contribution in [0.5, 0.6) is 0 Å². The van der Waals surface area contributed by atoms with Crippen LogP contribution in [0.25, 0.3) is 0 Å². The molecule has 0 aromatic carbocycles. The number of rotatable bonds is 5. The lowest BCUT2D eigenvalue weighted by Crippen LogP contribution is -2.27. The van der Waals surface area contributed by atoms with Gasteiger partial charge < -0.3 is 0 Å². The Labute approximate surface area is 93.9 Å². The van der Waals surface area contributed by atoms with Crippen LogP contribution in [0.2, 0.25) is 0 Å². The Morgan fingerprint density at radius 1 is 1.64 bits per heavy atom. The van der Waals surface area contributed by atoms with E-state index in [1.807, 2.05) is 6.92 Å². The third-order valence-corrected chi connectivity index (χ3v) is 3.56. The number of aromatic nitrogens is 1. The first-order valence-electron chi connectivity index (χ1n) is 5.00. The molecule has 1 heterocycles. The zero-order chi connectivity index (χ0) is 9.97. The Morgan fingerprint density at radius 3 is 2.93 bits per heavy atom. The lowest BCUT2D eigenvalue weighted by Gasteiger charge is -2.18. The quantitative estimate of drug-likeness (QED) is 0.723. The van der Waals surface area contributed by atoms with Crippen molar-refractivity contribution in [3.63, 3.8) is 0 Å². The van der Waals surface area contributed by atoms with E-state index in [2.05, 4.69) is 15.3 Å². The molecule has 1 aromatic heterocycles. The van der Waals surface area contributed by atoms with E-state index >= 15 is 0 Å². The summed E-state index contributed by atoms with van der Waals surface area (Å²) >= 11 is 7.53. The van der Waals surface area contributed by atoms with Gasteiger partial charge in [-0.05, 0) is 19.8 Å². The zero-order valence-electron chi connectivity index (χ0n) is 8.37. The molecule has 1 fully saturated rings. The lowest BCUT2D eigenvalue weighted by atomic mass is 10.4. The maximum atomic E-state index is 5.78. The highest BCUT2D eigenvalue weighted by molar-refractivity contribution is 7.09. The van der Waals surface area contributed by atoms with Gasteiger partial charge in [0.25, 0.3) is 0 Å². The molecular formula is C10H15ClN2S. The first-order chi connectivity index (χ1) is 6.79. The number of thiazole rings is 1. The molecule has 1 aromatic rings. The van der Waals surface area contributed by atoms with Gasteiger partial charge in [-0.1, -0.05) is 0 Å². The minimum atomic E-state index is 0.723. The number of nitrogens with zero attached hydrogens (tertiary/aromatic N) is 2. The third-order valence-electron chi connectivity index (χ3n) is 2.44. The Bertz CT molecular complexity index is 296. The summed E-state index contributed by atoms with van der Waals surface area (Å²) in [5, 5.41) is 3.33. The standard InChI is InChI=1S/C10H15ClN2S/c1-8-7-14-10(12-8)6-13(5-4-11)9-2-3-9/h7,9H,2-6H2,1H3. The van der Waals surface area contributed by atoms with Crippen LogP contribution in [0.15, 0.2) is 5.38 Å². The zero-order valence-corrected chi connectivity index (χ0v) is 9.94. The van der Waals surface area contributed by atoms with Gasteiger partial charge in [-0.15, -0.1) is 22.9 Å². The van der Waals surface area contributed by atoms with E-state index in [1.54, 1.807) is 11.3 Å². The van der Waals surface area contributed by atoms with Crippen molar-refractivity contribution in [3.8, 4) is 0 Å². The van der Waals surface area contributed by atoms with E-state index < -0.39 is 0 Å². The fraction of sp³-hybridized carbons (Fsp3) is 0.700. The van der Waals surface area contributed by atoms with Gasteiger partial charge in [0.1, 0.15) is 5.01 Å². The van der Waals surface area contributed by atoms with Gasteiger partial charge in [-0.2, -0.15) is 0 Å². The van der Waals surface area contributed by atoms with Crippen molar-refractivity contribution >= 4 is 22.9 Å². The minimum absolute atomic E-state index is 0.723. The van der Waals surface area contributed by atoms with Crippen molar-refractivity contribution in [2.24, 2.45) is 0 Å². The molecular weight excluding hydrogens is 216 g/mol. The van der Waals surface area contributed by atoms with Crippen molar-refractivity contribution in [2.75, 3.05) is 12.4 Å². The first kappa shape index (κ1) is 10.4. The normalized spacial score (nSPS) is 16.5. The molecule has 1 saturated carbocycles. The number of aryl methyl sites for hydroxylation is 1. The summed E-state index contributed by atoms with van der Waals surface area (Å²) < 4.78 is 0.